The molecule has 1 fully saturated rings. The predicted octanol–water partition coefficient (Wildman–Crippen LogP) is 2.12. The van der Waals surface area contributed by atoms with E-state index in [-0.39, 0.29) is 11.8 Å². The van der Waals surface area contributed by atoms with E-state index in [4.69, 9.17) is 26.5 Å². The fourth-order valence-electron chi connectivity index (χ4n) is 2.74. The number of furan rings is 1. The van der Waals surface area contributed by atoms with E-state index in [1.807, 2.05) is 0 Å². The van der Waals surface area contributed by atoms with Crippen molar-refractivity contribution in [3.05, 3.63) is 46.9 Å². The normalized spacial score (nSPS) is 14.5. The van der Waals surface area contributed by atoms with Crippen molar-refractivity contribution in [1.29, 1.82) is 0 Å². The average Bonchev–Trinajstić information content (AvgIpc) is 3.17. The molecule has 2 aromatic rings. The van der Waals surface area contributed by atoms with Crippen LogP contribution in [0.2, 0.25) is 5.02 Å². The van der Waals surface area contributed by atoms with E-state index in [1.54, 1.807) is 21.9 Å². The van der Waals surface area contributed by atoms with Crippen LogP contribution in [0.5, 0.6) is 5.75 Å². The molecule has 2 amide bonds. The summed E-state index contributed by atoms with van der Waals surface area (Å²) in [5, 5.41) is 0.302. The molecule has 0 atom stereocenters. The van der Waals surface area contributed by atoms with Crippen LogP contribution in [0.15, 0.2) is 34.9 Å². The molecule has 1 aromatic heterocycles. The topological polar surface area (TPSA) is 89.0 Å². The molecule has 2 N–H and O–H groups in total. The Balaban J connectivity index is 1.70. The van der Waals surface area contributed by atoms with Crippen LogP contribution in [0.25, 0.3) is 0 Å². The lowest BCUT2D eigenvalue weighted by molar-refractivity contribution is 0.0516. The van der Waals surface area contributed by atoms with Crippen molar-refractivity contribution >= 4 is 29.1 Å². The molecule has 0 radical (unpaired) electrons. The van der Waals surface area contributed by atoms with Crippen LogP contribution in [0.3, 0.4) is 0 Å². The first-order valence-electron chi connectivity index (χ1n) is 7.76. The van der Waals surface area contributed by atoms with Crippen LogP contribution in [-0.2, 0) is 0 Å². The van der Waals surface area contributed by atoms with Crippen molar-refractivity contribution in [2.24, 2.45) is 0 Å². The minimum atomic E-state index is -0.205. The van der Waals surface area contributed by atoms with Crippen molar-refractivity contribution in [3.63, 3.8) is 0 Å². The van der Waals surface area contributed by atoms with Gasteiger partial charge in [0.05, 0.1) is 29.6 Å². The first-order chi connectivity index (χ1) is 12.0. The largest absolute Gasteiger partial charge is 0.496 e. The summed E-state index contributed by atoms with van der Waals surface area (Å²) in [6.07, 6.45) is 1.46. The van der Waals surface area contributed by atoms with Crippen LogP contribution in [0.1, 0.15) is 20.9 Å². The fourth-order valence-corrected chi connectivity index (χ4v) is 2.91. The number of carbonyl (C=O) groups is 2. The van der Waals surface area contributed by atoms with E-state index in [9.17, 15) is 9.59 Å². The zero-order valence-electron chi connectivity index (χ0n) is 13.7. The van der Waals surface area contributed by atoms with Gasteiger partial charge in [-0.25, -0.2) is 0 Å². The zero-order chi connectivity index (χ0) is 18.0. The Morgan fingerprint density at radius 1 is 1.16 bits per heavy atom. The number of ether oxygens (including phenoxy) is 1. The smallest absolute Gasteiger partial charge is 0.289 e. The van der Waals surface area contributed by atoms with Crippen LogP contribution < -0.4 is 10.5 Å². The third-order valence-corrected chi connectivity index (χ3v) is 4.46. The zero-order valence-corrected chi connectivity index (χ0v) is 14.5. The van der Waals surface area contributed by atoms with Gasteiger partial charge in [0.25, 0.3) is 11.8 Å². The van der Waals surface area contributed by atoms with Crippen molar-refractivity contribution in [2.45, 2.75) is 0 Å². The second-order valence-corrected chi connectivity index (χ2v) is 6.04. The van der Waals surface area contributed by atoms with E-state index < -0.39 is 0 Å². The second-order valence-electron chi connectivity index (χ2n) is 5.64. The summed E-state index contributed by atoms with van der Waals surface area (Å²) in [6.45, 7) is 1.68. The second kappa shape index (κ2) is 7.06. The molecule has 8 heteroatoms. The van der Waals surface area contributed by atoms with Crippen molar-refractivity contribution in [2.75, 3.05) is 39.0 Å². The van der Waals surface area contributed by atoms with Gasteiger partial charge in [0.1, 0.15) is 5.75 Å². The van der Waals surface area contributed by atoms with E-state index >= 15 is 0 Å². The SMILES string of the molecule is COc1cc(N)c(Cl)cc1C(=O)N1CCN(C(=O)c2ccco2)CC1. The van der Waals surface area contributed by atoms with Crippen LogP contribution in [-0.4, -0.2) is 54.9 Å². The molecule has 0 unspecified atom stereocenters. The molecule has 1 aromatic carbocycles. The standard InChI is InChI=1S/C17H18ClN3O4/c1-24-15-10-13(19)12(18)9-11(15)16(22)20-4-6-21(7-5-20)17(23)14-3-2-8-25-14/h2-3,8-10H,4-7,19H2,1H3. The van der Waals surface area contributed by atoms with Crippen molar-refractivity contribution in [1.82, 2.24) is 9.80 Å². The van der Waals surface area contributed by atoms with Gasteiger partial charge in [-0.3, -0.25) is 9.59 Å². The van der Waals surface area contributed by atoms with Gasteiger partial charge in [-0.1, -0.05) is 11.6 Å². The summed E-state index contributed by atoms with van der Waals surface area (Å²) >= 11 is 6.03. The fraction of sp³-hybridized carbons (Fsp3) is 0.294. The molecule has 132 valence electrons. The maximum Gasteiger partial charge on any atom is 0.289 e. The predicted molar refractivity (Wildman–Crippen MR) is 92.9 cm³/mol. The van der Waals surface area contributed by atoms with E-state index in [1.165, 1.54) is 25.5 Å². The molecular weight excluding hydrogens is 346 g/mol. The molecule has 0 saturated carbocycles. The Kier molecular flexibility index (Phi) is 4.85. The van der Waals surface area contributed by atoms with Crippen LogP contribution >= 0.6 is 11.6 Å². The summed E-state index contributed by atoms with van der Waals surface area (Å²) in [6, 6.07) is 6.34. The number of nitrogen functional groups attached to an aromatic ring is 1. The van der Waals surface area contributed by atoms with Gasteiger partial charge in [-0.15, -0.1) is 0 Å². The summed E-state index contributed by atoms with van der Waals surface area (Å²) in [7, 11) is 1.47. The number of nitrogens with two attached hydrogens (primary N) is 1. The number of methoxy groups -OCH3 is 1. The van der Waals surface area contributed by atoms with E-state index in [2.05, 4.69) is 0 Å². The minimum absolute atomic E-state index is 0.176. The summed E-state index contributed by atoms with van der Waals surface area (Å²) < 4.78 is 10.4. The quantitative estimate of drug-likeness (QED) is 0.844. The molecule has 1 saturated heterocycles. The lowest BCUT2D eigenvalue weighted by Crippen LogP contribution is -2.50. The molecule has 1 aliphatic heterocycles. The number of anilines is 1. The van der Waals surface area contributed by atoms with Gasteiger partial charge < -0.3 is 24.7 Å². The van der Waals surface area contributed by atoms with Crippen molar-refractivity contribution in [3.8, 4) is 5.75 Å². The summed E-state index contributed by atoms with van der Waals surface area (Å²) in [4.78, 5) is 28.4. The molecule has 0 spiro atoms. The number of halogens is 1. The molecule has 25 heavy (non-hydrogen) atoms. The molecule has 0 bridgehead atoms. The summed E-state index contributed by atoms with van der Waals surface area (Å²) in [5.74, 6) is 0.293. The highest BCUT2D eigenvalue weighted by Crippen LogP contribution is 2.30. The summed E-state index contributed by atoms with van der Waals surface area (Å²) in [5.41, 5.74) is 6.46. The average molecular weight is 364 g/mol. The van der Waals surface area contributed by atoms with Gasteiger partial charge in [0, 0.05) is 32.2 Å². The molecule has 2 heterocycles. The maximum atomic E-state index is 12.8. The number of hydrogen-bond donors (Lipinski definition) is 1. The van der Waals surface area contributed by atoms with Crippen molar-refractivity contribution < 1.29 is 18.7 Å². The highest BCUT2D eigenvalue weighted by Gasteiger charge is 2.28. The Labute approximate surface area is 149 Å². The van der Waals surface area contributed by atoms with Gasteiger partial charge >= 0.3 is 0 Å². The number of rotatable bonds is 3. The molecule has 1 aliphatic rings. The molecule has 0 aliphatic carbocycles. The van der Waals surface area contributed by atoms with Gasteiger partial charge in [0.2, 0.25) is 0 Å². The van der Waals surface area contributed by atoms with Gasteiger partial charge in [-0.05, 0) is 18.2 Å². The number of nitrogens with zero attached hydrogens (tertiary/aromatic N) is 2. The van der Waals surface area contributed by atoms with Gasteiger partial charge in [0.15, 0.2) is 5.76 Å². The number of carbonyl (C=O) groups excluding carboxylic acids is 2. The van der Waals surface area contributed by atoms with E-state index in [0.29, 0.717) is 54.0 Å². The Morgan fingerprint density at radius 2 is 1.80 bits per heavy atom. The monoisotopic (exact) mass is 363 g/mol. The third-order valence-electron chi connectivity index (χ3n) is 4.14. The lowest BCUT2D eigenvalue weighted by Gasteiger charge is -2.34. The number of piperazine rings is 1. The first-order valence-corrected chi connectivity index (χ1v) is 8.14. The Hall–Kier alpha value is -2.67. The lowest BCUT2D eigenvalue weighted by atomic mass is 10.1. The number of amides is 2. The highest BCUT2D eigenvalue weighted by molar-refractivity contribution is 6.33. The van der Waals surface area contributed by atoms with Gasteiger partial charge in [-0.2, -0.15) is 0 Å². The van der Waals surface area contributed by atoms with Crippen LogP contribution in [0.4, 0.5) is 5.69 Å². The molecular formula is C17H18ClN3O4. The van der Waals surface area contributed by atoms with Crippen LogP contribution in [0, 0.1) is 0 Å². The Bertz CT molecular complexity index is 783. The maximum absolute atomic E-state index is 12.8. The Morgan fingerprint density at radius 3 is 2.36 bits per heavy atom. The first kappa shape index (κ1) is 17.2. The number of benzene rings is 1. The van der Waals surface area contributed by atoms with E-state index in [0.717, 1.165) is 0 Å². The molecule has 7 nitrogen and oxygen atoms in total. The number of hydrogen-bond acceptors (Lipinski definition) is 5. The third kappa shape index (κ3) is 3.41. The highest BCUT2D eigenvalue weighted by atomic mass is 35.5. The minimum Gasteiger partial charge on any atom is -0.496 e. The molecule has 3 rings (SSSR count).